The maximum absolute atomic E-state index is 11.5. The molecule has 0 aliphatic rings. The fraction of sp³-hybridized carbons (Fsp3) is 0.500. The van der Waals surface area contributed by atoms with E-state index in [1.54, 1.807) is 30.0 Å². The highest BCUT2D eigenvalue weighted by Gasteiger charge is 2.03. The number of halogens is 1. The van der Waals surface area contributed by atoms with Crippen LogP contribution in [-0.4, -0.2) is 42.3 Å². The number of rotatable bonds is 9. The molecule has 0 aromatic heterocycles. The fourth-order valence-corrected chi connectivity index (χ4v) is 2.34. The molecule has 0 radical (unpaired) electrons. The van der Waals surface area contributed by atoms with Gasteiger partial charge in [-0.15, -0.1) is 0 Å². The van der Waals surface area contributed by atoms with E-state index in [9.17, 15) is 4.79 Å². The van der Waals surface area contributed by atoms with Crippen LogP contribution in [0.4, 0.5) is 0 Å². The summed E-state index contributed by atoms with van der Waals surface area (Å²) in [4.78, 5) is 11.5. The monoisotopic (exact) mass is 317 g/mol. The first-order valence-corrected chi connectivity index (χ1v) is 8.01. The van der Waals surface area contributed by atoms with Crippen LogP contribution in [0.5, 0.6) is 5.75 Å². The van der Waals surface area contributed by atoms with Gasteiger partial charge in [-0.25, -0.2) is 0 Å². The van der Waals surface area contributed by atoms with Crippen LogP contribution in [0.1, 0.15) is 12.0 Å². The highest BCUT2D eigenvalue weighted by molar-refractivity contribution is 7.99. The van der Waals surface area contributed by atoms with Gasteiger partial charge >= 0.3 is 0 Å². The molecule has 0 saturated carbocycles. The van der Waals surface area contributed by atoms with E-state index in [0.29, 0.717) is 17.3 Å². The molecule has 0 bridgehead atoms. The lowest BCUT2D eigenvalue weighted by atomic mass is 10.2. The van der Waals surface area contributed by atoms with Crippen LogP contribution in [0.2, 0.25) is 5.02 Å². The number of aliphatic hydroxyl groups is 1. The van der Waals surface area contributed by atoms with Crippen molar-refractivity contribution in [1.29, 1.82) is 0 Å². The average molecular weight is 318 g/mol. The molecule has 1 amide bonds. The Kier molecular flexibility index (Phi) is 8.49. The van der Waals surface area contributed by atoms with Gasteiger partial charge in [-0.2, -0.15) is 11.8 Å². The standard InChI is InChI=1S/C14H20ClNO3S/c1-11-9-12(3-4-13(11)15)19-10-14(18)16-5-8-20-7-2-6-17/h3-4,9,17H,2,5-8,10H2,1H3,(H,16,18). The van der Waals surface area contributed by atoms with Gasteiger partial charge in [0.15, 0.2) is 6.61 Å². The van der Waals surface area contributed by atoms with E-state index < -0.39 is 0 Å². The van der Waals surface area contributed by atoms with Crippen molar-refractivity contribution in [3.05, 3.63) is 28.8 Å². The molecule has 6 heteroatoms. The zero-order valence-corrected chi connectivity index (χ0v) is 13.1. The van der Waals surface area contributed by atoms with E-state index in [1.807, 2.05) is 6.92 Å². The molecular weight excluding hydrogens is 298 g/mol. The molecule has 112 valence electrons. The summed E-state index contributed by atoms with van der Waals surface area (Å²) >= 11 is 7.62. The SMILES string of the molecule is Cc1cc(OCC(=O)NCCSCCCO)ccc1Cl. The Morgan fingerprint density at radius 2 is 2.25 bits per heavy atom. The first-order valence-electron chi connectivity index (χ1n) is 6.47. The Hall–Kier alpha value is -0.910. The van der Waals surface area contributed by atoms with E-state index >= 15 is 0 Å². The number of aryl methyl sites for hydroxylation is 1. The second kappa shape index (κ2) is 9.91. The first kappa shape index (κ1) is 17.1. The van der Waals surface area contributed by atoms with E-state index in [0.717, 1.165) is 23.5 Å². The Morgan fingerprint density at radius 3 is 2.95 bits per heavy atom. The summed E-state index contributed by atoms with van der Waals surface area (Å²) in [7, 11) is 0. The Balaban J connectivity index is 2.15. The van der Waals surface area contributed by atoms with E-state index in [1.165, 1.54) is 0 Å². The van der Waals surface area contributed by atoms with Crippen molar-refractivity contribution in [3.8, 4) is 5.75 Å². The molecule has 20 heavy (non-hydrogen) atoms. The zero-order valence-electron chi connectivity index (χ0n) is 11.5. The lowest BCUT2D eigenvalue weighted by molar-refractivity contribution is -0.122. The van der Waals surface area contributed by atoms with Crippen molar-refractivity contribution in [1.82, 2.24) is 5.32 Å². The average Bonchev–Trinajstić information content (AvgIpc) is 2.44. The number of carbonyl (C=O) groups excluding carboxylic acids is 1. The maximum Gasteiger partial charge on any atom is 0.257 e. The molecule has 0 spiro atoms. The minimum Gasteiger partial charge on any atom is -0.484 e. The van der Waals surface area contributed by atoms with Crippen LogP contribution in [0.3, 0.4) is 0 Å². The number of thioether (sulfide) groups is 1. The number of hydrogen-bond donors (Lipinski definition) is 2. The van der Waals surface area contributed by atoms with Crippen LogP contribution in [0.15, 0.2) is 18.2 Å². The molecule has 1 aromatic rings. The topological polar surface area (TPSA) is 58.6 Å². The van der Waals surface area contributed by atoms with E-state index in [4.69, 9.17) is 21.4 Å². The summed E-state index contributed by atoms with van der Waals surface area (Å²) in [5.74, 6) is 2.25. The fourth-order valence-electron chi connectivity index (χ4n) is 1.44. The normalized spacial score (nSPS) is 10.3. The number of benzene rings is 1. The Labute approximate surface area is 128 Å². The first-order chi connectivity index (χ1) is 9.63. The molecular formula is C14H20ClNO3S. The minimum absolute atomic E-state index is 0.00236. The number of aliphatic hydroxyl groups excluding tert-OH is 1. The zero-order chi connectivity index (χ0) is 14.8. The van der Waals surface area contributed by atoms with Crippen molar-refractivity contribution in [2.75, 3.05) is 31.3 Å². The number of nitrogens with one attached hydrogen (secondary N) is 1. The smallest absolute Gasteiger partial charge is 0.257 e. The molecule has 1 aromatic carbocycles. The van der Waals surface area contributed by atoms with Gasteiger partial charge in [0.05, 0.1) is 0 Å². The molecule has 0 heterocycles. The minimum atomic E-state index is -0.139. The lowest BCUT2D eigenvalue weighted by Gasteiger charge is -2.08. The molecule has 0 saturated heterocycles. The van der Waals surface area contributed by atoms with Crippen molar-refractivity contribution in [3.63, 3.8) is 0 Å². The lowest BCUT2D eigenvalue weighted by Crippen LogP contribution is -2.30. The van der Waals surface area contributed by atoms with Crippen molar-refractivity contribution in [2.24, 2.45) is 0 Å². The van der Waals surface area contributed by atoms with Crippen LogP contribution in [0, 0.1) is 6.92 Å². The van der Waals surface area contributed by atoms with Crippen LogP contribution < -0.4 is 10.1 Å². The van der Waals surface area contributed by atoms with Crippen molar-refractivity contribution >= 4 is 29.3 Å². The summed E-state index contributed by atoms with van der Waals surface area (Å²) in [5.41, 5.74) is 0.921. The third-order valence-electron chi connectivity index (χ3n) is 2.51. The van der Waals surface area contributed by atoms with Crippen LogP contribution in [0.25, 0.3) is 0 Å². The van der Waals surface area contributed by atoms with E-state index in [-0.39, 0.29) is 19.1 Å². The number of carbonyl (C=O) groups is 1. The summed E-state index contributed by atoms with van der Waals surface area (Å²) in [6.07, 6.45) is 0.789. The van der Waals surface area contributed by atoms with Gasteiger partial charge < -0.3 is 15.2 Å². The number of hydrogen-bond acceptors (Lipinski definition) is 4. The third-order valence-corrected chi connectivity index (χ3v) is 4.01. The Morgan fingerprint density at radius 1 is 1.45 bits per heavy atom. The molecule has 0 fully saturated rings. The maximum atomic E-state index is 11.5. The molecule has 4 nitrogen and oxygen atoms in total. The van der Waals surface area contributed by atoms with Crippen molar-refractivity contribution < 1.29 is 14.6 Å². The number of amides is 1. The molecule has 0 unspecified atom stereocenters. The Bertz CT molecular complexity index is 429. The van der Waals surface area contributed by atoms with Gasteiger partial charge in [0, 0.05) is 23.9 Å². The van der Waals surface area contributed by atoms with Crippen molar-refractivity contribution in [2.45, 2.75) is 13.3 Å². The summed E-state index contributed by atoms with van der Waals surface area (Å²) in [6, 6.07) is 5.30. The molecule has 1 rings (SSSR count). The summed E-state index contributed by atoms with van der Waals surface area (Å²) in [5, 5.41) is 12.1. The van der Waals surface area contributed by atoms with Gasteiger partial charge in [0.2, 0.25) is 0 Å². The quantitative estimate of drug-likeness (QED) is 0.686. The largest absolute Gasteiger partial charge is 0.484 e. The summed E-state index contributed by atoms with van der Waals surface area (Å²) < 4.78 is 5.39. The summed E-state index contributed by atoms with van der Waals surface area (Å²) in [6.45, 7) is 2.72. The highest BCUT2D eigenvalue weighted by Crippen LogP contribution is 2.20. The molecule has 0 atom stereocenters. The van der Waals surface area contributed by atoms with Crippen LogP contribution >= 0.6 is 23.4 Å². The predicted octanol–water partition coefficient (Wildman–Crippen LogP) is 2.26. The second-order valence-electron chi connectivity index (χ2n) is 4.24. The van der Waals surface area contributed by atoms with Gasteiger partial charge in [-0.1, -0.05) is 11.6 Å². The molecule has 2 N–H and O–H groups in total. The number of ether oxygens (including phenoxy) is 1. The molecule has 0 aliphatic heterocycles. The van der Waals surface area contributed by atoms with Gasteiger partial charge in [-0.05, 0) is 42.9 Å². The van der Waals surface area contributed by atoms with Gasteiger partial charge in [0.25, 0.3) is 5.91 Å². The van der Waals surface area contributed by atoms with E-state index in [2.05, 4.69) is 5.32 Å². The van der Waals surface area contributed by atoms with Gasteiger partial charge in [-0.3, -0.25) is 4.79 Å². The highest BCUT2D eigenvalue weighted by atomic mass is 35.5. The predicted molar refractivity (Wildman–Crippen MR) is 83.7 cm³/mol. The van der Waals surface area contributed by atoms with Gasteiger partial charge in [0.1, 0.15) is 5.75 Å². The molecule has 0 aliphatic carbocycles. The second-order valence-corrected chi connectivity index (χ2v) is 5.87. The van der Waals surface area contributed by atoms with Crippen LogP contribution in [-0.2, 0) is 4.79 Å². The third kappa shape index (κ3) is 7.03.